The predicted octanol–water partition coefficient (Wildman–Crippen LogP) is 7.60. The molecule has 39 heavy (non-hydrogen) atoms. The van der Waals surface area contributed by atoms with Gasteiger partial charge < -0.3 is 9.88 Å². The van der Waals surface area contributed by atoms with Crippen LogP contribution in [0.5, 0.6) is 0 Å². The minimum atomic E-state index is -4.06. The van der Waals surface area contributed by atoms with Crippen LogP contribution in [0.1, 0.15) is 12.5 Å². The molecule has 0 aliphatic heterocycles. The molecular formula is C29H24Cl3N3O3S. The molecule has 10 heteroatoms. The van der Waals surface area contributed by atoms with Gasteiger partial charge in [0.05, 0.1) is 21.5 Å². The summed E-state index contributed by atoms with van der Waals surface area (Å²) in [6, 6.07) is 24.5. The minimum Gasteiger partial charge on any atom is -0.341 e. The number of amides is 1. The summed E-state index contributed by atoms with van der Waals surface area (Å²) in [5.41, 5.74) is 3.33. The number of hydrogen-bond acceptors (Lipinski definition) is 3. The Kier molecular flexibility index (Phi) is 7.89. The van der Waals surface area contributed by atoms with E-state index in [1.54, 1.807) is 18.2 Å². The molecule has 5 rings (SSSR count). The summed E-state index contributed by atoms with van der Waals surface area (Å²) >= 11 is 18.2. The Morgan fingerprint density at radius 2 is 1.56 bits per heavy atom. The molecule has 0 radical (unpaired) electrons. The molecule has 0 unspecified atom stereocenters. The molecule has 1 heterocycles. The molecule has 0 aliphatic rings. The Bertz CT molecular complexity index is 1800. The number of rotatable bonds is 8. The van der Waals surface area contributed by atoms with Crippen molar-refractivity contribution in [1.82, 2.24) is 8.87 Å². The van der Waals surface area contributed by atoms with E-state index in [0.717, 1.165) is 32.7 Å². The first-order valence-corrected chi connectivity index (χ1v) is 14.7. The number of nitrogens with zero attached hydrogens (tertiary/aromatic N) is 2. The molecule has 0 saturated carbocycles. The second kappa shape index (κ2) is 11.2. The van der Waals surface area contributed by atoms with E-state index in [1.165, 1.54) is 24.3 Å². The van der Waals surface area contributed by atoms with Gasteiger partial charge in [0.25, 0.3) is 0 Å². The third-order valence-corrected chi connectivity index (χ3v) is 9.28. The smallest absolute Gasteiger partial charge is 0.243 e. The number of fused-ring (bicyclic) bond motifs is 3. The number of nitrogens with one attached hydrogen (secondary N) is 1. The van der Waals surface area contributed by atoms with Crippen molar-refractivity contribution in [2.75, 3.05) is 11.9 Å². The maximum Gasteiger partial charge on any atom is 0.243 e. The van der Waals surface area contributed by atoms with Crippen LogP contribution in [-0.4, -0.2) is 29.7 Å². The van der Waals surface area contributed by atoms with Crippen molar-refractivity contribution in [3.63, 3.8) is 0 Å². The van der Waals surface area contributed by atoms with Crippen molar-refractivity contribution in [3.8, 4) is 0 Å². The number of para-hydroxylation sites is 1. The SMILES string of the molecule is CCn1c2ccccc2c2cc(NC(=O)CN(Cc3ccc(Cl)c(Cl)c3)S(=O)(=O)c3ccc(Cl)cc3)ccc21. The van der Waals surface area contributed by atoms with Gasteiger partial charge in [-0.1, -0.05) is 59.1 Å². The van der Waals surface area contributed by atoms with Gasteiger partial charge in [-0.25, -0.2) is 8.42 Å². The maximum atomic E-state index is 13.6. The molecule has 6 nitrogen and oxygen atoms in total. The Morgan fingerprint density at radius 1 is 0.846 bits per heavy atom. The van der Waals surface area contributed by atoms with Crippen molar-refractivity contribution in [3.05, 3.63) is 106 Å². The highest BCUT2D eigenvalue weighted by Crippen LogP contribution is 2.31. The number of carbonyl (C=O) groups excluding carboxylic acids is 1. The molecule has 0 fully saturated rings. The molecular weight excluding hydrogens is 577 g/mol. The summed E-state index contributed by atoms with van der Waals surface area (Å²) in [7, 11) is -4.06. The minimum absolute atomic E-state index is 0.0218. The number of halogens is 3. The van der Waals surface area contributed by atoms with Crippen molar-refractivity contribution < 1.29 is 13.2 Å². The van der Waals surface area contributed by atoms with Gasteiger partial charge in [0.2, 0.25) is 15.9 Å². The Hall–Kier alpha value is -3.07. The molecule has 200 valence electrons. The van der Waals surface area contributed by atoms with E-state index >= 15 is 0 Å². The topological polar surface area (TPSA) is 71.4 Å². The van der Waals surface area contributed by atoms with Crippen LogP contribution in [0.25, 0.3) is 21.8 Å². The van der Waals surface area contributed by atoms with E-state index in [4.69, 9.17) is 34.8 Å². The third-order valence-electron chi connectivity index (χ3n) is 6.49. The van der Waals surface area contributed by atoms with Crippen LogP contribution in [0, 0.1) is 0 Å². The van der Waals surface area contributed by atoms with Gasteiger partial charge in [-0.2, -0.15) is 4.31 Å². The van der Waals surface area contributed by atoms with E-state index < -0.39 is 22.5 Å². The number of anilines is 1. The van der Waals surface area contributed by atoms with Crippen LogP contribution in [-0.2, 0) is 27.9 Å². The number of aromatic nitrogens is 1. The van der Waals surface area contributed by atoms with E-state index in [9.17, 15) is 13.2 Å². The predicted molar refractivity (Wildman–Crippen MR) is 159 cm³/mol. The highest BCUT2D eigenvalue weighted by Gasteiger charge is 2.27. The number of aryl methyl sites for hydroxylation is 1. The summed E-state index contributed by atoms with van der Waals surface area (Å²) < 4.78 is 30.5. The van der Waals surface area contributed by atoms with Gasteiger partial charge in [-0.15, -0.1) is 0 Å². The third kappa shape index (κ3) is 5.64. The summed E-state index contributed by atoms with van der Waals surface area (Å²) in [5, 5.41) is 6.01. The molecule has 1 amide bonds. The van der Waals surface area contributed by atoms with E-state index in [2.05, 4.69) is 22.9 Å². The van der Waals surface area contributed by atoms with E-state index in [0.29, 0.717) is 26.3 Å². The van der Waals surface area contributed by atoms with Gasteiger partial charge >= 0.3 is 0 Å². The fraction of sp³-hybridized carbons (Fsp3) is 0.138. The zero-order chi connectivity index (χ0) is 27.7. The normalized spacial score (nSPS) is 11.9. The lowest BCUT2D eigenvalue weighted by Gasteiger charge is -2.22. The quantitative estimate of drug-likeness (QED) is 0.199. The van der Waals surface area contributed by atoms with Crippen LogP contribution >= 0.6 is 34.8 Å². The zero-order valence-corrected chi connectivity index (χ0v) is 23.9. The van der Waals surface area contributed by atoms with E-state index in [1.807, 2.05) is 36.4 Å². The lowest BCUT2D eigenvalue weighted by atomic mass is 10.1. The van der Waals surface area contributed by atoms with Gasteiger partial charge in [0.1, 0.15) is 0 Å². The Labute approximate surface area is 241 Å². The van der Waals surface area contributed by atoms with Crippen LogP contribution in [0.2, 0.25) is 15.1 Å². The average Bonchev–Trinajstić information content (AvgIpc) is 3.23. The van der Waals surface area contributed by atoms with Gasteiger partial charge in [-0.05, 0) is 73.2 Å². The molecule has 5 aromatic rings. The second-order valence-electron chi connectivity index (χ2n) is 9.02. The summed E-state index contributed by atoms with van der Waals surface area (Å²) in [6.07, 6.45) is 0. The molecule has 0 spiro atoms. The van der Waals surface area contributed by atoms with Gasteiger partial charge in [0.15, 0.2) is 0 Å². The Balaban J connectivity index is 1.45. The average molecular weight is 601 g/mol. The largest absolute Gasteiger partial charge is 0.341 e. The fourth-order valence-corrected chi connectivity index (χ4v) is 6.49. The number of benzene rings is 4. The zero-order valence-electron chi connectivity index (χ0n) is 20.9. The molecule has 0 saturated heterocycles. The van der Waals surface area contributed by atoms with Crippen LogP contribution in [0.3, 0.4) is 0 Å². The molecule has 0 atom stereocenters. The number of carbonyl (C=O) groups is 1. The second-order valence-corrected chi connectivity index (χ2v) is 12.2. The number of hydrogen-bond donors (Lipinski definition) is 1. The van der Waals surface area contributed by atoms with Crippen molar-refractivity contribution >= 4 is 78.2 Å². The molecule has 4 aromatic carbocycles. The highest BCUT2D eigenvalue weighted by molar-refractivity contribution is 7.89. The summed E-state index contributed by atoms with van der Waals surface area (Å²) in [5.74, 6) is -0.480. The maximum absolute atomic E-state index is 13.6. The molecule has 1 aromatic heterocycles. The first kappa shape index (κ1) is 27.5. The monoisotopic (exact) mass is 599 g/mol. The number of sulfonamides is 1. The van der Waals surface area contributed by atoms with Crippen molar-refractivity contribution in [2.45, 2.75) is 24.9 Å². The Morgan fingerprint density at radius 3 is 2.28 bits per heavy atom. The fourth-order valence-electron chi connectivity index (χ4n) is 4.66. The van der Waals surface area contributed by atoms with Crippen molar-refractivity contribution in [1.29, 1.82) is 0 Å². The van der Waals surface area contributed by atoms with Crippen molar-refractivity contribution in [2.24, 2.45) is 0 Å². The lowest BCUT2D eigenvalue weighted by Crippen LogP contribution is -2.37. The van der Waals surface area contributed by atoms with Gasteiger partial charge in [-0.3, -0.25) is 4.79 Å². The lowest BCUT2D eigenvalue weighted by molar-refractivity contribution is -0.116. The first-order valence-electron chi connectivity index (χ1n) is 12.2. The van der Waals surface area contributed by atoms with E-state index in [-0.39, 0.29) is 11.4 Å². The van der Waals surface area contributed by atoms with Gasteiger partial charge in [0, 0.05) is 45.6 Å². The molecule has 0 aliphatic carbocycles. The first-order chi connectivity index (χ1) is 18.7. The van der Waals surface area contributed by atoms with Crippen LogP contribution < -0.4 is 5.32 Å². The highest BCUT2D eigenvalue weighted by atomic mass is 35.5. The standard InChI is InChI=1S/C29H24Cl3N3O3S/c1-2-35-27-6-4-3-5-23(27)24-16-21(10-14-28(24)35)33-29(36)18-34(17-19-7-13-25(31)26(32)15-19)39(37,38)22-11-8-20(30)9-12-22/h3-16H,2,17-18H2,1H3,(H,33,36). The molecule has 1 N–H and O–H groups in total. The molecule has 0 bridgehead atoms. The summed E-state index contributed by atoms with van der Waals surface area (Å²) in [4.78, 5) is 13.3. The van der Waals surface area contributed by atoms with Crippen LogP contribution in [0.4, 0.5) is 5.69 Å². The summed E-state index contributed by atoms with van der Waals surface area (Å²) in [6.45, 7) is 2.39. The van der Waals surface area contributed by atoms with Crippen LogP contribution in [0.15, 0.2) is 89.8 Å².